The van der Waals surface area contributed by atoms with Crippen LogP contribution < -0.4 is 9.47 Å². The first-order valence-electron chi connectivity index (χ1n) is 4.37. The first-order valence-corrected chi connectivity index (χ1v) is 5.95. The molecule has 5 nitrogen and oxygen atoms in total. The number of aliphatic carboxylic acids is 1. The number of hydrogen-bond donors (Lipinski definition) is 1. The van der Waals surface area contributed by atoms with Gasteiger partial charge in [0.15, 0.2) is 24.4 Å². The Kier molecular flexibility index (Phi) is 4.95. The zero-order chi connectivity index (χ0) is 13.0. The zero-order valence-electron chi connectivity index (χ0n) is 8.70. The molecular formula is C10H8Br2O5. The molecule has 0 heterocycles. The third-order valence-electron chi connectivity index (χ3n) is 1.84. The maximum atomic E-state index is 10.8. The summed E-state index contributed by atoms with van der Waals surface area (Å²) >= 11 is 6.41. The van der Waals surface area contributed by atoms with Gasteiger partial charge in [-0.15, -0.1) is 0 Å². The third kappa shape index (κ3) is 3.19. The van der Waals surface area contributed by atoms with Crippen LogP contribution in [0.2, 0.25) is 0 Å². The predicted molar refractivity (Wildman–Crippen MR) is 66.9 cm³/mol. The molecule has 0 saturated heterocycles. The lowest BCUT2D eigenvalue weighted by Gasteiger charge is -2.13. The van der Waals surface area contributed by atoms with Crippen molar-refractivity contribution in [2.24, 2.45) is 0 Å². The summed E-state index contributed by atoms with van der Waals surface area (Å²) in [5, 5.41) is 8.55. The van der Waals surface area contributed by atoms with Gasteiger partial charge >= 0.3 is 5.97 Å². The first kappa shape index (κ1) is 14.0. The van der Waals surface area contributed by atoms with E-state index in [-0.39, 0.29) is 11.5 Å². The first-order chi connectivity index (χ1) is 8.01. The average Bonchev–Trinajstić information content (AvgIpc) is 2.30. The summed E-state index contributed by atoms with van der Waals surface area (Å²) in [7, 11) is 1.40. The van der Waals surface area contributed by atoms with Gasteiger partial charge in [0.25, 0.3) is 0 Å². The molecule has 0 aliphatic heterocycles. The van der Waals surface area contributed by atoms with Gasteiger partial charge in [-0.1, -0.05) is 0 Å². The minimum absolute atomic E-state index is 0.229. The van der Waals surface area contributed by atoms with Crippen LogP contribution in [0.25, 0.3) is 0 Å². The Morgan fingerprint density at radius 2 is 2.12 bits per heavy atom. The number of carboxylic acid groups (broad SMARTS) is 1. The van der Waals surface area contributed by atoms with E-state index < -0.39 is 12.6 Å². The topological polar surface area (TPSA) is 72.8 Å². The highest BCUT2D eigenvalue weighted by atomic mass is 79.9. The van der Waals surface area contributed by atoms with Crippen molar-refractivity contribution in [2.75, 3.05) is 13.7 Å². The molecule has 0 aliphatic rings. The van der Waals surface area contributed by atoms with Crippen molar-refractivity contribution in [3.63, 3.8) is 0 Å². The van der Waals surface area contributed by atoms with Crippen LogP contribution in [0.3, 0.4) is 0 Å². The second kappa shape index (κ2) is 6.02. The van der Waals surface area contributed by atoms with E-state index in [1.807, 2.05) is 0 Å². The van der Waals surface area contributed by atoms with Crippen LogP contribution in [0, 0.1) is 0 Å². The van der Waals surface area contributed by atoms with Crippen molar-refractivity contribution in [1.82, 2.24) is 0 Å². The zero-order valence-corrected chi connectivity index (χ0v) is 11.9. The fourth-order valence-corrected chi connectivity index (χ4v) is 2.04. The average molecular weight is 368 g/mol. The molecule has 0 atom stereocenters. The van der Waals surface area contributed by atoms with Crippen molar-refractivity contribution in [3.05, 3.63) is 20.6 Å². The van der Waals surface area contributed by atoms with Gasteiger partial charge in [0, 0.05) is 10.0 Å². The maximum absolute atomic E-state index is 10.8. The molecule has 92 valence electrons. The molecule has 1 aromatic carbocycles. The number of carbonyl (C=O) groups is 2. The van der Waals surface area contributed by atoms with Crippen LogP contribution in [0.1, 0.15) is 10.4 Å². The van der Waals surface area contributed by atoms with Gasteiger partial charge in [-0.2, -0.15) is 0 Å². The largest absolute Gasteiger partial charge is 0.493 e. The molecule has 7 heteroatoms. The molecular weight excluding hydrogens is 360 g/mol. The van der Waals surface area contributed by atoms with Crippen LogP contribution in [0.15, 0.2) is 15.0 Å². The Hall–Kier alpha value is -1.08. The summed E-state index contributed by atoms with van der Waals surface area (Å²) in [5.74, 6) is -0.592. The Morgan fingerprint density at radius 1 is 1.47 bits per heavy atom. The van der Waals surface area contributed by atoms with Gasteiger partial charge in [0.05, 0.1) is 11.6 Å². The second-order valence-electron chi connectivity index (χ2n) is 2.93. The van der Waals surface area contributed by atoms with Gasteiger partial charge < -0.3 is 14.6 Å². The monoisotopic (exact) mass is 366 g/mol. The fourth-order valence-electron chi connectivity index (χ4n) is 1.11. The minimum Gasteiger partial charge on any atom is -0.493 e. The van der Waals surface area contributed by atoms with Crippen molar-refractivity contribution < 1.29 is 24.2 Å². The lowest BCUT2D eigenvalue weighted by molar-refractivity contribution is -0.139. The van der Waals surface area contributed by atoms with E-state index >= 15 is 0 Å². The highest BCUT2D eigenvalue weighted by molar-refractivity contribution is 9.13. The molecule has 0 unspecified atom stereocenters. The highest BCUT2D eigenvalue weighted by Gasteiger charge is 2.17. The number of carbonyl (C=O) groups excluding carboxylic acids is 1. The van der Waals surface area contributed by atoms with Crippen molar-refractivity contribution in [2.45, 2.75) is 0 Å². The Bertz CT molecular complexity index is 458. The lowest BCUT2D eigenvalue weighted by Crippen LogP contribution is -2.10. The number of rotatable bonds is 5. The Labute approximate surface area is 114 Å². The quantitative estimate of drug-likeness (QED) is 0.809. The van der Waals surface area contributed by atoms with Gasteiger partial charge in [0.1, 0.15) is 0 Å². The van der Waals surface area contributed by atoms with Gasteiger partial charge in [-0.3, -0.25) is 4.79 Å². The van der Waals surface area contributed by atoms with E-state index in [1.54, 1.807) is 0 Å². The van der Waals surface area contributed by atoms with E-state index in [1.165, 1.54) is 13.2 Å². The second-order valence-corrected chi connectivity index (χ2v) is 4.51. The van der Waals surface area contributed by atoms with Crippen LogP contribution in [0.5, 0.6) is 11.5 Å². The van der Waals surface area contributed by atoms with Crippen LogP contribution in [-0.4, -0.2) is 31.1 Å². The molecule has 1 N–H and O–H groups in total. The predicted octanol–water partition coefficient (Wildman–Crippen LogP) is 2.50. The molecule has 0 aliphatic carbocycles. The van der Waals surface area contributed by atoms with Gasteiger partial charge in [0.2, 0.25) is 0 Å². The number of carboxylic acids is 1. The number of aldehydes is 1. The van der Waals surface area contributed by atoms with E-state index in [9.17, 15) is 9.59 Å². The number of benzene rings is 1. The number of halogens is 2. The SMILES string of the molecule is COc1cc(C=O)c(Br)c(Br)c1OCC(=O)O. The van der Waals surface area contributed by atoms with Crippen LogP contribution in [-0.2, 0) is 4.79 Å². The molecule has 1 rings (SSSR count). The third-order valence-corrected chi connectivity index (χ3v) is 3.99. The molecule has 0 spiro atoms. The minimum atomic E-state index is -1.10. The normalized spacial score (nSPS) is 9.82. The molecule has 17 heavy (non-hydrogen) atoms. The standard InChI is InChI=1S/C10H8Br2O5/c1-16-6-2-5(3-13)8(11)9(12)10(6)17-4-7(14)15/h2-3H,4H2,1H3,(H,14,15). The fraction of sp³-hybridized carbons (Fsp3) is 0.200. The van der Waals surface area contributed by atoms with Crippen molar-refractivity contribution >= 4 is 44.1 Å². The van der Waals surface area contributed by atoms with Crippen LogP contribution in [0.4, 0.5) is 0 Å². The van der Waals surface area contributed by atoms with Crippen molar-refractivity contribution in [1.29, 1.82) is 0 Å². The summed E-state index contributed by atoms with van der Waals surface area (Å²) in [6.07, 6.45) is 0.651. The summed E-state index contributed by atoms with van der Waals surface area (Å²) < 4.78 is 11.0. The van der Waals surface area contributed by atoms with Crippen molar-refractivity contribution in [3.8, 4) is 11.5 Å². The van der Waals surface area contributed by atoms with E-state index in [2.05, 4.69) is 31.9 Å². The summed E-state index contributed by atoms with van der Waals surface area (Å²) in [5.41, 5.74) is 0.372. The smallest absolute Gasteiger partial charge is 0.341 e. The maximum Gasteiger partial charge on any atom is 0.341 e. The van der Waals surface area contributed by atoms with Crippen LogP contribution >= 0.6 is 31.9 Å². The molecule has 0 amide bonds. The highest BCUT2D eigenvalue weighted by Crippen LogP contribution is 2.42. The van der Waals surface area contributed by atoms with E-state index in [4.69, 9.17) is 14.6 Å². The molecule has 0 saturated carbocycles. The Morgan fingerprint density at radius 3 is 2.59 bits per heavy atom. The number of methoxy groups -OCH3 is 1. The number of hydrogen-bond acceptors (Lipinski definition) is 4. The summed E-state index contributed by atoms with van der Waals surface area (Å²) in [4.78, 5) is 21.2. The lowest BCUT2D eigenvalue weighted by atomic mass is 10.2. The molecule has 1 aromatic rings. The van der Waals surface area contributed by atoms with E-state index in [0.29, 0.717) is 20.8 Å². The molecule has 0 fully saturated rings. The Balaban J connectivity index is 3.22. The summed E-state index contributed by atoms with van der Waals surface area (Å²) in [6, 6.07) is 1.46. The molecule has 0 aromatic heterocycles. The molecule has 0 radical (unpaired) electrons. The van der Waals surface area contributed by atoms with Gasteiger partial charge in [-0.25, -0.2) is 4.79 Å². The van der Waals surface area contributed by atoms with Gasteiger partial charge in [-0.05, 0) is 37.9 Å². The number of ether oxygens (including phenoxy) is 2. The summed E-state index contributed by atoms with van der Waals surface area (Å²) in [6.45, 7) is -0.498. The molecule has 0 bridgehead atoms. The van der Waals surface area contributed by atoms with E-state index in [0.717, 1.165) is 0 Å².